The second kappa shape index (κ2) is 8.07. The topological polar surface area (TPSA) is 93.1 Å². The lowest BCUT2D eigenvalue weighted by Gasteiger charge is -2.24. The minimum atomic E-state index is -4.57. The van der Waals surface area contributed by atoms with E-state index in [4.69, 9.17) is 12.3 Å². The summed E-state index contributed by atoms with van der Waals surface area (Å²) in [5, 5.41) is 7.85. The molecule has 1 saturated carbocycles. The molecule has 0 amide bonds. The largest absolute Gasteiger partial charge is 0.407 e. The van der Waals surface area contributed by atoms with E-state index in [1.165, 1.54) is 24.4 Å². The Morgan fingerprint density at radius 2 is 2.06 bits per heavy atom. The lowest BCUT2D eigenvalue weighted by Crippen LogP contribution is -2.28. The van der Waals surface area contributed by atoms with Crippen molar-refractivity contribution in [1.82, 2.24) is 14.8 Å². The average molecular weight is 430 g/mol. The number of anilines is 2. The Kier molecular flexibility index (Phi) is 5.45. The third-order valence-corrected chi connectivity index (χ3v) is 5.67. The van der Waals surface area contributed by atoms with Crippen molar-refractivity contribution < 1.29 is 13.2 Å². The first-order chi connectivity index (χ1) is 14.8. The normalized spacial score (nSPS) is 20.4. The van der Waals surface area contributed by atoms with E-state index in [2.05, 4.69) is 20.2 Å². The van der Waals surface area contributed by atoms with Gasteiger partial charge in [0, 0.05) is 18.3 Å². The smallest absolute Gasteiger partial charge is 0.338 e. The van der Waals surface area contributed by atoms with Crippen LogP contribution in [0, 0.1) is 6.57 Å². The van der Waals surface area contributed by atoms with Gasteiger partial charge in [0.15, 0.2) is 5.82 Å². The number of nitrogens with zero attached hydrogens (tertiary/aromatic N) is 3. The molecule has 31 heavy (non-hydrogen) atoms. The summed E-state index contributed by atoms with van der Waals surface area (Å²) in [6.45, 7) is 7.52. The van der Waals surface area contributed by atoms with Crippen LogP contribution >= 0.6 is 0 Å². The fraction of sp³-hybridized carbons (Fsp3) is 0.381. The summed E-state index contributed by atoms with van der Waals surface area (Å²) in [4.78, 5) is 18.9. The molecule has 4 N–H and O–H groups in total. The van der Waals surface area contributed by atoms with Crippen molar-refractivity contribution in [2.75, 3.05) is 5.32 Å². The Hall–Kier alpha value is -3.32. The van der Waals surface area contributed by atoms with E-state index in [1.54, 1.807) is 16.8 Å². The van der Waals surface area contributed by atoms with Gasteiger partial charge in [-0.3, -0.25) is 9.48 Å². The first-order valence-electron chi connectivity index (χ1n) is 9.95. The number of nitrogens with one attached hydrogen (secondary N) is 2. The van der Waals surface area contributed by atoms with Gasteiger partial charge in [0.25, 0.3) is 5.56 Å². The van der Waals surface area contributed by atoms with Gasteiger partial charge in [-0.15, -0.1) is 0 Å². The number of H-pyrrole nitrogens is 1. The first kappa shape index (κ1) is 20.9. The third-order valence-electron chi connectivity index (χ3n) is 5.67. The average Bonchev–Trinajstić information content (AvgIpc) is 3.12. The number of halogens is 3. The van der Waals surface area contributed by atoms with Gasteiger partial charge in [0.2, 0.25) is 6.04 Å². The van der Waals surface area contributed by atoms with Crippen molar-refractivity contribution in [1.29, 1.82) is 0 Å². The molecule has 7 nitrogen and oxygen atoms in total. The lowest BCUT2D eigenvalue weighted by atomic mass is 9.91. The Labute approximate surface area is 175 Å². The van der Waals surface area contributed by atoms with Crippen molar-refractivity contribution in [3.05, 3.63) is 63.9 Å². The molecule has 10 heteroatoms. The zero-order valence-corrected chi connectivity index (χ0v) is 16.5. The number of rotatable bonds is 4. The molecule has 0 spiro atoms. The maximum atomic E-state index is 13.0. The zero-order valence-electron chi connectivity index (χ0n) is 16.5. The number of benzene rings is 1. The molecule has 4 rings (SSSR count). The molecule has 3 aromatic rings. The van der Waals surface area contributed by atoms with Crippen LogP contribution in [-0.4, -0.2) is 27.0 Å². The lowest BCUT2D eigenvalue weighted by molar-refractivity contribution is -0.149. The molecule has 0 saturated heterocycles. The highest BCUT2D eigenvalue weighted by Crippen LogP contribution is 2.35. The molecule has 3 atom stereocenters. The van der Waals surface area contributed by atoms with Gasteiger partial charge in [-0.1, -0.05) is 18.6 Å². The minimum absolute atomic E-state index is 0.101. The van der Waals surface area contributed by atoms with Crippen LogP contribution in [-0.2, 0) is 0 Å². The second-order valence-corrected chi connectivity index (χ2v) is 7.68. The van der Waals surface area contributed by atoms with Crippen molar-refractivity contribution in [2.24, 2.45) is 5.73 Å². The van der Waals surface area contributed by atoms with Crippen LogP contribution in [0.4, 0.5) is 24.7 Å². The molecule has 1 aliphatic carbocycles. The summed E-state index contributed by atoms with van der Waals surface area (Å²) in [7, 11) is 0. The molecular weight excluding hydrogens is 409 g/mol. The number of hydrogen-bond donors (Lipinski definition) is 3. The Balaban J connectivity index is 1.76. The number of pyridine rings is 1. The maximum absolute atomic E-state index is 13.0. The fourth-order valence-corrected chi connectivity index (χ4v) is 4.10. The van der Waals surface area contributed by atoms with Gasteiger partial charge in [0.1, 0.15) is 17.5 Å². The summed E-state index contributed by atoms with van der Waals surface area (Å²) >= 11 is 0. The van der Waals surface area contributed by atoms with E-state index >= 15 is 0 Å². The van der Waals surface area contributed by atoms with Crippen molar-refractivity contribution in [3.8, 4) is 0 Å². The molecule has 1 aliphatic rings. The number of alkyl halides is 3. The van der Waals surface area contributed by atoms with E-state index in [0.29, 0.717) is 16.6 Å². The summed E-state index contributed by atoms with van der Waals surface area (Å²) in [5.41, 5.74) is 5.76. The van der Waals surface area contributed by atoms with Gasteiger partial charge in [0.05, 0.1) is 5.52 Å². The van der Waals surface area contributed by atoms with E-state index in [0.717, 1.165) is 25.7 Å². The number of hydrogen-bond acceptors (Lipinski definition) is 4. The van der Waals surface area contributed by atoms with Crippen LogP contribution in [0.5, 0.6) is 0 Å². The third kappa shape index (κ3) is 4.01. The Bertz CT molecular complexity index is 1190. The quantitative estimate of drug-likeness (QED) is 0.534. The molecule has 0 radical (unpaired) electrons. The van der Waals surface area contributed by atoms with Crippen LogP contribution in [0.2, 0.25) is 0 Å². The SMILES string of the molecule is [C-]#[N+][C@H]1CCCC[C@@H]1n1nc(Nc2cccc([C@@H](N)C(F)(F)F)c2)c2c(=O)[nH]ccc21. The zero-order chi connectivity index (χ0) is 22.2. The maximum Gasteiger partial charge on any atom is 0.407 e. The molecular formula is C21H21F3N6O. The van der Waals surface area contributed by atoms with Crippen molar-refractivity contribution in [2.45, 2.75) is 50.0 Å². The van der Waals surface area contributed by atoms with Crippen molar-refractivity contribution >= 4 is 22.4 Å². The molecule has 2 heterocycles. The van der Waals surface area contributed by atoms with Gasteiger partial charge in [-0.2, -0.15) is 18.3 Å². The second-order valence-electron chi connectivity index (χ2n) is 7.68. The van der Waals surface area contributed by atoms with Gasteiger partial charge >= 0.3 is 6.18 Å². The number of fused-ring (bicyclic) bond motifs is 1. The van der Waals surface area contributed by atoms with E-state index in [9.17, 15) is 18.0 Å². The molecule has 0 unspecified atom stereocenters. The van der Waals surface area contributed by atoms with Crippen molar-refractivity contribution in [3.63, 3.8) is 0 Å². The summed E-state index contributed by atoms with van der Waals surface area (Å²) < 4.78 is 40.7. The highest BCUT2D eigenvalue weighted by Gasteiger charge is 2.38. The number of nitrogens with two attached hydrogens (primary N) is 1. The van der Waals surface area contributed by atoms with Gasteiger partial charge in [-0.05, 0) is 36.6 Å². The van der Waals surface area contributed by atoms with Crippen LogP contribution in [0.25, 0.3) is 15.7 Å². The number of aromatic nitrogens is 3. The summed E-state index contributed by atoms with van der Waals surface area (Å²) in [6.07, 6.45) is 0.415. The molecule has 0 aliphatic heterocycles. The number of aromatic amines is 1. The standard InChI is InChI=1S/C21H21F3N6O/c1-26-14-7-2-3-8-15(14)30-16-9-10-27-20(31)17(16)19(29-30)28-13-6-4-5-12(11-13)18(25)21(22,23)24/h4-6,9-11,14-15,18H,2-3,7-8,25H2,(H,27,31)(H,28,29)/t14-,15-,18+/m0/s1. The minimum Gasteiger partial charge on any atom is -0.338 e. The highest BCUT2D eigenvalue weighted by molar-refractivity contribution is 5.91. The van der Waals surface area contributed by atoms with Crippen LogP contribution in [0.15, 0.2) is 41.3 Å². The molecule has 0 bridgehead atoms. The van der Waals surface area contributed by atoms with E-state index < -0.39 is 12.2 Å². The predicted molar refractivity (Wildman–Crippen MR) is 111 cm³/mol. The predicted octanol–water partition coefficient (Wildman–Crippen LogP) is 4.43. The van der Waals surface area contributed by atoms with Gasteiger partial charge < -0.3 is 20.9 Å². The molecule has 1 aromatic carbocycles. The van der Waals surface area contributed by atoms with Crippen LogP contribution < -0.4 is 16.6 Å². The fourth-order valence-electron chi connectivity index (χ4n) is 4.10. The summed E-state index contributed by atoms with van der Waals surface area (Å²) in [5.74, 6) is 0.226. The van der Waals surface area contributed by atoms with Gasteiger partial charge in [-0.25, -0.2) is 6.57 Å². The molecule has 162 valence electrons. The Morgan fingerprint density at radius 3 is 2.81 bits per heavy atom. The highest BCUT2D eigenvalue weighted by atomic mass is 19.4. The van der Waals surface area contributed by atoms with Crippen LogP contribution in [0.1, 0.15) is 43.3 Å². The van der Waals surface area contributed by atoms with E-state index in [1.807, 2.05) is 0 Å². The van der Waals surface area contributed by atoms with E-state index in [-0.39, 0.29) is 29.0 Å². The Morgan fingerprint density at radius 1 is 1.29 bits per heavy atom. The molecule has 1 fully saturated rings. The van der Waals surface area contributed by atoms with Crippen LogP contribution in [0.3, 0.4) is 0 Å². The molecule has 2 aromatic heterocycles. The first-order valence-corrected chi connectivity index (χ1v) is 9.95. The summed E-state index contributed by atoms with van der Waals surface area (Å²) in [6, 6.07) is 4.83. The monoisotopic (exact) mass is 430 g/mol.